The number of para-hydroxylation sites is 1. The fourth-order valence-electron chi connectivity index (χ4n) is 2.25. The average Bonchev–Trinajstić information content (AvgIpc) is 3.01. The number of hydrogen-bond donors (Lipinski definition) is 1. The Bertz CT molecular complexity index is 614. The van der Waals surface area contributed by atoms with E-state index in [1.165, 1.54) is 11.3 Å². The zero-order valence-electron chi connectivity index (χ0n) is 13.8. The number of nitrogens with one attached hydrogen (secondary N) is 1. The molecule has 0 saturated carbocycles. The zero-order chi connectivity index (χ0) is 16.7. The second-order valence-electron chi connectivity index (χ2n) is 5.58. The van der Waals surface area contributed by atoms with Gasteiger partial charge in [0, 0.05) is 23.7 Å². The number of ether oxygens (including phenoxy) is 1. The van der Waals surface area contributed by atoms with E-state index < -0.39 is 0 Å². The van der Waals surface area contributed by atoms with Crippen LogP contribution in [0, 0.1) is 5.92 Å². The molecular formula is C17H23N3O2S. The molecule has 0 aliphatic carbocycles. The number of rotatable bonds is 7. The predicted molar refractivity (Wildman–Crippen MR) is 94.0 cm³/mol. The highest BCUT2D eigenvalue weighted by Crippen LogP contribution is 2.21. The summed E-state index contributed by atoms with van der Waals surface area (Å²) in [5, 5.41) is 5.31. The van der Waals surface area contributed by atoms with Crippen molar-refractivity contribution in [3.8, 4) is 5.75 Å². The molecule has 5 nitrogen and oxygen atoms in total. The van der Waals surface area contributed by atoms with Crippen LogP contribution in [-0.2, 0) is 6.54 Å². The zero-order valence-corrected chi connectivity index (χ0v) is 14.6. The van der Waals surface area contributed by atoms with Gasteiger partial charge >= 0.3 is 6.03 Å². The third-order valence-electron chi connectivity index (χ3n) is 3.15. The number of carbonyl (C=O) groups excluding carboxylic acids is 1. The van der Waals surface area contributed by atoms with Gasteiger partial charge in [-0.05, 0) is 18.9 Å². The van der Waals surface area contributed by atoms with E-state index in [1.807, 2.05) is 36.6 Å². The minimum Gasteiger partial charge on any atom is -0.494 e. The second-order valence-corrected chi connectivity index (χ2v) is 6.48. The van der Waals surface area contributed by atoms with E-state index in [4.69, 9.17) is 4.74 Å². The third kappa shape index (κ3) is 5.25. The molecule has 1 N–H and O–H groups in total. The number of urea groups is 1. The summed E-state index contributed by atoms with van der Waals surface area (Å²) in [5.41, 5.74) is 1.00. The molecule has 2 aromatic rings. The second kappa shape index (κ2) is 8.53. The van der Waals surface area contributed by atoms with Crippen molar-refractivity contribution in [2.45, 2.75) is 27.3 Å². The first-order valence-corrected chi connectivity index (χ1v) is 8.64. The van der Waals surface area contributed by atoms with Crippen molar-refractivity contribution in [1.29, 1.82) is 0 Å². The maximum absolute atomic E-state index is 12.6. The van der Waals surface area contributed by atoms with E-state index in [1.54, 1.807) is 11.1 Å². The Hall–Kier alpha value is -2.08. The SMILES string of the molecule is CCOc1ccccc1CN(CC(C)C)C(=O)Nc1nccs1. The minimum atomic E-state index is -0.139. The molecular weight excluding hydrogens is 310 g/mol. The predicted octanol–water partition coefficient (Wildman–Crippen LogP) is 4.23. The van der Waals surface area contributed by atoms with Gasteiger partial charge in [-0.1, -0.05) is 32.0 Å². The van der Waals surface area contributed by atoms with Crippen LogP contribution in [-0.4, -0.2) is 29.1 Å². The van der Waals surface area contributed by atoms with Crippen molar-refractivity contribution >= 4 is 22.5 Å². The van der Waals surface area contributed by atoms with Gasteiger partial charge in [0.05, 0.1) is 13.2 Å². The molecule has 2 amide bonds. The monoisotopic (exact) mass is 333 g/mol. The maximum atomic E-state index is 12.6. The molecule has 0 aliphatic heterocycles. The van der Waals surface area contributed by atoms with Crippen molar-refractivity contribution in [1.82, 2.24) is 9.88 Å². The van der Waals surface area contributed by atoms with Crippen molar-refractivity contribution in [2.75, 3.05) is 18.5 Å². The molecule has 1 aromatic carbocycles. The lowest BCUT2D eigenvalue weighted by molar-refractivity contribution is 0.200. The lowest BCUT2D eigenvalue weighted by atomic mass is 10.1. The summed E-state index contributed by atoms with van der Waals surface area (Å²) in [6.45, 7) is 7.92. The number of amides is 2. The van der Waals surface area contributed by atoms with Gasteiger partial charge in [0.25, 0.3) is 0 Å². The van der Waals surface area contributed by atoms with Crippen LogP contribution in [0.2, 0.25) is 0 Å². The summed E-state index contributed by atoms with van der Waals surface area (Å²) in [6.07, 6.45) is 1.68. The number of carbonyl (C=O) groups is 1. The highest BCUT2D eigenvalue weighted by Gasteiger charge is 2.18. The number of thiazole rings is 1. The van der Waals surface area contributed by atoms with Gasteiger partial charge < -0.3 is 9.64 Å². The standard InChI is InChI=1S/C17H23N3O2S/c1-4-22-15-8-6-5-7-14(15)12-20(11-13(2)3)17(21)19-16-18-9-10-23-16/h5-10,13H,4,11-12H2,1-3H3,(H,18,19,21). The minimum absolute atomic E-state index is 0.139. The van der Waals surface area contributed by atoms with Crippen LogP contribution in [0.5, 0.6) is 5.75 Å². The molecule has 1 aromatic heterocycles. The largest absolute Gasteiger partial charge is 0.494 e. The first kappa shape index (κ1) is 17.3. The van der Waals surface area contributed by atoms with Gasteiger partial charge in [-0.3, -0.25) is 5.32 Å². The Morgan fingerprint density at radius 2 is 2.17 bits per heavy atom. The van der Waals surface area contributed by atoms with Crippen molar-refractivity contribution in [3.63, 3.8) is 0 Å². The van der Waals surface area contributed by atoms with Gasteiger partial charge in [-0.25, -0.2) is 9.78 Å². The van der Waals surface area contributed by atoms with Crippen LogP contribution in [0.1, 0.15) is 26.3 Å². The number of anilines is 1. The van der Waals surface area contributed by atoms with E-state index >= 15 is 0 Å². The normalized spacial score (nSPS) is 10.6. The molecule has 23 heavy (non-hydrogen) atoms. The van der Waals surface area contributed by atoms with E-state index in [0.29, 0.717) is 30.7 Å². The van der Waals surface area contributed by atoms with E-state index in [9.17, 15) is 4.79 Å². The number of benzene rings is 1. The summed E-state index contributed by atoms with van der Waals surface area (Å²) >= 11 is 1.41. The first-order valence-electron chi connectivity index (χ1n) is 7.76. The highest BCUT2D eigenvalue weighted by atomic mass is 32.1. The quantitative estimate of drug-likeness (QED) is 0.825. The number of aromatic nitrogens is 1. The fraction of sp³-hybridized carbons (Fsp3) is 0.412. The molecule has 0 fully saturated rings. The lowest BCUT2D eigenvalue weighted by Gasteiger charge is -2.25. The Labute approximate surface area is 141 Å². The topological polar surface area (TPSA) is 54.5 Å². The molecule has 0 unspecified atom stereocenters. The van der Waals surface area contributed by atoms with Gasteiger partial charge in [0.2, 0.25) is 0 Å². The Morgan fingerprint density at radius 3 is 2.83 bits per heavy atom. The first-order chi connectivity index (χ1) is 11.1. The molecule has 124 valence electrons. The van der Waals surface area contributed by atoms with E-state index in [2.05, 4.69) is 24.1 Å². The van der Waals surface area contributed by atoms with E-state index in [0.717, 1.165) is 11.3 Å². The fourth-order valence-corrected chi connectivity index (χ4v) is 2.77. The Morgan fingerprint density at radius 1 is 1.39 bits per heavy atom. The molecule has 0 aliphatic rings. The van der Waals surface area contributed by atoms with Gasteiger partial charge in [0.15, 0.2) is 5.13 Å². The summed E-state index contributed by atoms with van der Waals surface area (Å²) in [7, 11) is 0. The van der Waals surface area contributed by atoms with Crippen LogP contribution < -0.4 is 10.1 Å². The van der Waals surface area contributed by atoms with Crippen LogP contribution >= 0.6 is 11.3 Å². The van der Waals surface area contributed by atoms with Crippen molar-refractivity contribution < 1.29 is 9.53 Å². The third-order valence-corrected chi connectivity index (χ3v) is 3.84. The highest BCUT2D eigenvalue weighted by molar-refractivity contribution is 7.13. The van der Waals surface area contributed by atoms with E-state index in [-0.39, 0.29) is 6.03 Å². The van der Waals surface area contributed by atoms with Crippen LogP contribution in [0.15, 0.2) is 35.8 Å². The Balaban J connectivity index is 2.13. The average molecular weight is 333 g/mol. The van der Waals surface area contributed by atoms with Crippen molar-refractivity contribution in [2.24, 2.45) is 5.92 Å². The van der Waals surface area contributed by atoms with Gasteiger partial charge in [-0.2, -0.15) is 0 Å². The molecule has 0 saturated heterocycles. The molecule has 0 bridgehead atoms. The smallest absolute Gasteiger partial charge is 0.323 e. The maximum Gasteiger partial charge on any atom is 0.323 e. The number of hydrogen-bond acceptors (Lipinski definition) is 4. The number of nitrogens with zero attached hydrogens (tertiary/aromatic N) is 2. The van der Waals surface area contributed by atoms with Crippen LogP contribution in [0.3, 0.4) is 0 Å². The van der Waals surface area contributed by atoms with Crippen LogP contribution in [0.4, 0.5) is 9.93 Å². The van der Waals surface area contributed by atoms with Crippen molar-refractivity contribution in [3.05, 3.63) is 41.4 Å². The van der Waals surface area contributed by atoms with Crippen LogP contribution in [0.25, 0.3) is 0 Å². The summed E-state index contributed by atoms with van der Waals surface area (Å²) < 4.78 is 5.66. The summed E-state index contributed by atoms with van der Waals surface area (Å²) in [4.78, 5) is 18.5. The molecule has 6 heteroatoms. The summed E-state index contributed by atoms with van der Waals surface area (Å²) in [6, 6.07) is 7.70. The molecule has 0 spiro atoms. The summed E-state index contributed by atoms with van der Waals surface area (Å²) in [5.74, 6) is 1.20. The lowest BCUT2D eigenvalue weighted by Crippen LogP contribution is -2.37. The molecule has 0 radical (unpaired) electrons. The Kier molecular flexibility index (Phi) is 6.40. The molecule has 0 atom stereocenters. The molecule has 2 rings (SSSR count). The van der Waals surface area contributed by atoms with Gasteiger partial charge in [-0.15, -0.1) is 11.3 Å². The van der Waals surface area contributed by atoms with Gasteiger partial charge in [0.1, 0.15) is 5.75 Å². The molecule has 1 heterocycles.